The molecule has 0 amide bonds. The molecule has 1 heterocycles. The third kappa shape index (κ3) is 3.46. The number of hydrogen-bond acceptors (Lipinski definition) is 3. The van der Waals surface area contributed by atoms with Crippen molar-refractivity contribution in [2.75, 3.05) is 0 Å². The van der Waals surface area contributed by atoms with Gasteiger partial charge in [0, 0.05) is 17.1 Å². The topological polar surface area (TPSA) is 39.2 Å². The van der Waals surface area contributed by atoms with E-state index in [-0.39, 0.29) is 18.0 Å². The van der Waals surface area contributed by atoms with Crippen LogP contribution in [0.15, 0.2) is 66.9 Å². The van der Waals surface area contributed by atoms with E-state index < -0.39 is 0 Å². The largest absolute Gasteiger partial charge is 0.457 e. The molecule has 3 heteroatoms. The molecule has 0 radical (unpaired) electrons. The Bertz CT molecular complexity index is 829. The summed E-state index contributed by atoms with van der Waals surface area (Å²) in [6.45, 7) is 3.89. The Kier molecular flexibility index (Phi) is 4.90. The normalized spacial score (nSPS) is 13.4. The zero-order chi connectivity index (χ0) is 16.9. The summed E-state index contributed by atoms with van der Waals surface area (Å²) in [5, 5.41) is 1.05. The Hall–Kier alpha value is -2.68. The summed E-state index contributed by atoms with van der Waals surface area (Å²) in [6.07, 6.45) is 2.17. The van der Waals surface area contributed by atoms with E-state index in [2.05, 4.69) is 4.98 Å². The van der Waals surface area contributed by atoms with Gasteiger partial charge in [-0.25, -0.2) is 0 Å². The van der Waals surface area contributed by atoms with Gasteiger partial charge in [-0.1, -0.05) is 55.5 Å². The molecule has 3 rings (SSSR count). The van der Waals surface area contributed by atoms with Gasteiger partial charge >= 0.3 is 5.97 Å². The molecule has 0 bridgehead atoms. The molecular formula is C21H21NO2. The number of aromatic nitrogens is 1. The van der Waals surface area contributed by atoms with Gasteiger partial charge in [0.2, 0.25) is 0 Å². The number of nitrogens with zero attached hydrogens (tertiary/aromatic N) is 1. The number of esters is 1. The van der Waals surface area contributed by atoms with Crippen LogP contribution in [-0.2, 0) is 9.53 Å². The first-order valence-corrected chi connectivity index (χ1v) is 8.29. The SMILES string of the molecule is CCC(C(=O)OC(C)c1cnc2ccccc2c1)c1ccccc1. The molecule has 24 heavy (non-hydrogen) atoms. The number of para-hydroxylation sites is 1. The fraction of sp³-hybridized carbons (Fsp3) is 0.238. The molecule has 3 nitrogen and oxygen atoms in total. The molecule has 0 saturated carbocycles. The number of hydrogen-bond donors (Lipinski definition) is 0. The minimum Gasteiger partial charge on any atom is -0.457 e. The van der Waals surface area contributed by atoms with Crippen LogP contribution in [0.1, 0.15) is 43.4 Å². The molecule has 2 atom stereocenters. The molecule has 1 aromatic heterocycles. The van der Waals surface area contributed by atoms with Crippen LogP contribution in [-0.4, -0.2) is 11.0 Å². The second kappa shape index (κ2) is 7.26. The highest BCUT2D eigenvalue weighted by Crippen LogP contribution is 2.26. The van der Waals surface area contributed by atoms with Crippen LogP contribution in [0.25, 0.3) is 10.9 Å². The maximum absolute atomic E-state index is 12.6. The van der Waals surface area contributed by atoms with E-state index in [1.54, 1.807) is 6.20 Å². The number of rotatable bonds is 5. The fourth-order valence-corrected chi connectivity index (χ4v) is 2.86. The lowest BCUT2D eigenvalue weighted by Gasteiger charge is -2.19. The zero-order valence-corrected chi connectivity index (χ0v) is 14.0. The average Bonchev–Trinajstić information content (AvgIpc) is 2.62. The van der Waals surface area contributed by atoms with Crippen LogP contribution in [0.4, 0.5) is 0 Å². The monoisotopic (exact) mass is 319 g/mol. The van der Waals surface area contributed by atoms with Gasteiger partial charge in [0.05, 0.1) is 11.4 Å². The first-order valence-electron chi connectivity index (χ1n) is 8.29. The van der Waals surface area contributed by atoms with Gasteiger partial charge < -0.3 is 4.74 Å². The minimum atomic E-state index is -0.327. The number of ether oxygens (including phenoxy) is 1. The molecule has 0 aliphatic carbocycles. The summed E-state index contributed by atoms with van der Waals surface area (Å²) in [5.74, 6) is -0.425. The van der Waals surface area contributed by atoms with Crippen LogP contribution >= 0.6 is 0 Å². The van der Waals surface area contributed by atoms with E-state index in [9.17, 15) is 4.79 Å². The number of carbonyl (C=O) groups excluding carboxylic acids is 1. The van der Waals surface area contributed by atoms with Crippen LogP contribution in [0, 0.1) is 0 Å². The first-order chi connectivity index (χ1) is 11.7. The van der Waals surface area contributed by atoms with E-state index in [0.717, 1.165) is 22.0 Å². The highest BCUT2D eigenvalue weighted by molar-refractivity contribution is 5.80. The maximum Gasteiger partial charge on any atom is 0.314 e. The number of fused-ring (bicyclic) bond motifs is 1. The van der Waals surface area contributed by atoms with Gasteiger partial charge in [-0.05, 0) is 31.0 Å². The zero-order valence-electron chi connectivity index (χ0n) is 14.0. The Morgan fingerprint density at radius 3 is 2.50 bits per heavy atom. The Morgan fingerprint density at radius 1 is 1.04 bits per heavy atom. The van der Waals surface area contributed by atoms with Gasteiger partial charge in [-0.15, -0.1) is 0 Å². The Labute approximate surface area is 142 Å². The van der Waals surface area contributed by atoms with Crippen molar-refractivity contribution >= 4 is 16.9 Å². The van der Waals surface area contributed by atoms with Crippen molar-refractivity contribution in [3.63, 3.8) is 0 Å². The summed E-state index contributed by atoms with van der Waals surface area (Å²) in [5.41, 5.74) is 2.84. The van der Waals surface area contributed by atoms with Crippen molar-refractivity contribution in [2.45, 2.75) is 32.3 Å². The molecule has 0 saturated heterocycles. The van der Waals surface area contributed by atoms with Gasteiger partial charge in [-0.3, -0.25) is 9.78 Å². The smallest absolute Gasteiger partial charge is 0.314 e. The molecule has 3 aromatic rings. The molecule has 0 aliphatic rings. The number of pyridine rings is 1. The predicted octanol–water partition coefficient (Wildman–Crippen LogP) is 5.03. The fourth-order valence-electron chi connectivity index (χ4n) is 2.86. The lowest BCUT2D eigenvalue weighted by Crippen LogP contribution is -2.17. The van der Waals surface area contributed by atoms with E-state index in [1.807, 2.05) is 74.5 Å². The predicted molar refractivity (Wildman–Crippen MR) is 95.7 cm³/mol. The summed E-state index contributed by atoms with van der Waals surface area (Å²) < 4.78 is 5.71. The van der Waals surface area contributed by atoms with Crippen LogP contribution in [0.5, 0.6) is 0 Å². The van der Waals surface area contributed by atoms with Crippen molar-refractivity contribution in [2.24, 2.45) is 0 Å². The van der Waals surface area contributed by atoms with E-state index in [1.165, 1.54) is 0 Å². The standard InChI is InChI=1S/C21H21NO2/c1-3-19(16-9-5-4-6-10-16)21(23)24-15(2)18-13-17-11-7-8-12-20(17)22-14-18/h4-15,19H,3H2,1-2H3. The molecule has 0 spiro atoms. The number of carbonyl (C=O) groups is 1. The highest BCUT2D eigenvalue weighted by Gasteiger charge is 2.22. The molecule has 0 N–H and O–H groups in total. The number of benzene rings is 2. The van der Waals surface area contributed by atoms with Crippen LogP contribution in [0.2, 0.25) is 0 Å². The van der Waals surface area contributed by atoms with E-state index >= 15 is 0 Å². The van der Waals surface area contributed by atoms with Crippen LogP contribution in [0.3, 0.4) is 0 Å². The molecule has 122 valence electrons. The second-order valence-corrected chi connectivity index (χ2v) is 5.91. The van der Waals surface area contributed by atoms with E-state index in [0.29, 0.717) is 6.42 Å². The molecule has 2 unspecified atom stereocenters. The van der Waals surface area contributed by atoms with Crippen molar-refractivity contribution in [1.29, 1.82) is 0 Å². The van der Waals surface area contributed by atoms with Gasteiger partial charge in [0.25, 0.3) is 0 Å². The van der Waals surface area contributed by atoms with Crippen molar-refractivity contribution < 1.29 is 9.53 Å². The van der Waals surface area contributed by atoms with Gasteiger partial charge in [0.15, 0.2) is 0 Å². The lowest BCUT2D eigenvalue weighted by atomic mass is 9.96. The second-order valence-electron chi connectivity index (χ2n) is 5.91. The summed E-state index contributed by atoms with van der Waals surface area (Å²) >= 11 is 0. The van der Waals surface area contributed by atoms with Crippen LogP contribution < -0.4 is 0 Å². The van der Waals surface area contributed by atoms with E-state index in [4.69, 9.17) is 4.74 Å². The Morgan fingerprint density at radius 2 is 1.75 bits per heavy atom. The molecule has 0 fully saturated rings. The van der Waals surface area contributed by atoms with Gasteiger partial charge in [0.1, 0.15) is 6.10 Å². The highest BCUT2D eigenvalue weighted by atomic mass is 16.5. The quantitative estimate of drug-likeness (QED) is 0.619. The minimum absolute atomic E-state index is 0.190. The summed E-state index contributed by atoms with van der Waals surface area (Å²) in [4.78, 5) is 17.0. The summed E-state index contributed by atoms with van der Waals surface area (Å²) in [7, 11) is 0. The average molecular weight is 319 g/mol. The summed E-state index contributed by atoms with van der Waals surface area (Å²) in [6, 6.07) is 19.7. The molecule has 0 aliphatic heterocycles. The molecular weight excluding hydrogens is 298 g/mol. The third-order valence-electron chi connectivity index (χ3n) is 4.27. The van der Waals surface area contributed by atoms with Crippen molar-refractivity contribution in [3.05, 3.63) is 78.0 Å². The van der Waals surface area contributed by atoms with Crippen molar-refractivity contribution in [3.8, 4) is 0 Å². The van der Waals surface area contributed by atoms with Gasteiger partial charge in [-0.2, -0.15) is 0 Å². The lowest BCUT2D eigenvalue weighted by molar-refractivity contribution is -0.150. The van der Waals surface area contributed by atoms with Crippen molar-refractivity contribution in [1.82, 2.24) is 4.98 Å². The Balaban J connectivity index is 1.77. The maximum atomic E-state index is 12.6. The molecule has 2 aromatic carbocycles. The first kappa shape index (κ1) is 16.2. The third-order valence-corrected chi connectivity index (χ3v) is 4.27.